The van der Waals surface area contributed by atoms with E-state index in [-0.39, 0.29) is 24.0 Å². The van der Waals surface area contributed by atoms with Gasteiger partial charge in [0, 0.05) is 19.6 Å². The maximum atomic E-state index is 12.6. The minimum Gasteiger partial charge on any atom is -0.465 e. The molecule has 25 heavy (non-hydrogen) atoms. The molecule has 3 heterocycles. The number of rotatable bonds is 5. The van der Waals surface area contributed by atoms with Crippen molar-refractivity contribution < 1.29 is 13.9 Å². The van der Waals surface area contributed by atoms with Gasteiger partial charge in [0.25, 0.3) is 0 Å². The van der Waals surface area contributed by atoms with Crippen LogP contribution in [0.1, 0.15) is 23.5 Å². The molecule has 132 valence electrons. The number of benzene rings is 1. The quantitative estimate of drug-likeness (QED) is 0.909. The van der Waals surface area contributed by atoms with Gasteiger partial charge in [-0.25, -0.2) is 0 Å². The molecule has 2 fully saturated rings. The van der Waals surface area contributed by atoms with Crippen molar-refractivity contribution in [2.75, 3.05) is 13.1 Å². The van der Waals surface area contributed by atoms with Gasteiger partial charge in [-0.2, -0.15) is 0 Å². The summed E-state index contributed by atoms with van der Waals surface area (Å²) >= 11 is 0. The predicted molar refractivity (Wildman–Crippen MR) is 93.8 cm³/mol. The minimum absolute atomic E-state index is 0.0226. The van der Waals surface area contributed by atoms with Crippen LogP contribution in [-0.4, -0.2) is 36.1 Å². The Bertz CT molecular complexity index is 728. The second-order valence-corrected chi connectivity index (χ2v) is 7.05. The number of hydrogen-bond donors (Lipinski definition) is 1. The SMILES string of the molecule is Cc1ccc(CN2C[C@H]3C[C@@H](C(=O)NCc4ccccc4)[C@@H](C2)O3)o1. The Morgan fingerprint density at radius 3 is 2.80 bits per heavy atom. The number of nitrogens with zero attached hydrogens (tertiary/aromatic N) is 1. The van der Waals surface area contributed by atoms with E-state index in [0.29, 0.717) is 6.54 Å². The Hall–Kier alpha value is -2.11. The summed E-state index contributed by atoms with van der Waals surface area (Å²) in [7, 11) is 0. The lowest BCUT2D eigenvalue weighted by Crippen LogP contribution is -2.44. The van der Waals surface area contributed by atoms with Gasteiger partial charge in [0.1, 0.15) is 11.5 Å². The van der Waals surface area contributed by atoms with Crippen LogP contribution in [0.15, 0.2) is 46.9 Å². The number of hydrogen-bond acceptors (Lipinski definition) is 4. The normalized spacial score (nSPS) is 25.9. The summed E-state index contributed by atoms with van der Waals surface area (Å²) in [6, 6.07) is 14.0. The summed E-state index contributed by atoms with van der Waals surface area (Å²) in [4.78, 5) is 14.9. The van der Waals surface area contributed by atoms with Crippen LogP contribution < -0.4 is 5.32 Å². The number of likely N-dealkylation sites (tertiary alicyclic amines) is 1. The zero-order valence-corrected chi connectivity index (χ0v) is 14.5. The van der Waals surface area contributed by atoms with Crippen LogP contribution >= 0.6 is 0 Å². The van der Waals surface area contributed by atoms with Gasteiger partial charge in [0.05, 0.1) is 24.7 Å². The fourth-order valence-electron chi connectivity index (χ4n) is 3.85. The summed E-state index contributed by atoms with van der Waals surface area (Å²) in [5, 5.41) is 3.07. The van der Waals surface area contributed by atoms with Crippen molar-refractivity contribution in [1.82, 2.24) is 10.2 Å². The highest BCUT2D eigenvalue weighted by Gasteiger charge is 2.44. The topological polar surface area (TPSA) is 54.7 Å². The second-order valence-electron chi connectivity index (χ2n) is 7.05. The summed E-state index contributed by atoms with van der Waals surface area (Å²) < 4.78 is 11.7. The van der Waals surface area contributed by atoms with Crippen LogP contribution in [0.2, 0.25) is 0 Å². The Morgan fingerprint density at radius 1 is 1.20 bits per heavy atom. The second kappa shape index (κ2) is 7.02. The molecule has 0 spiro atoms. The molecule has 1 aromatic carbocycles. The molecule has 0 saturated carbocycles. The van der Waals surface area contributed by atoms with Crippen molar-refractivity contribution in [3.05, 3.63) is 59.5 Å². The molecule has 3 atom stereocenters. The van der Waals surface area contributed by atoms with Crippen LogP contribution in [0.5, 0.6) is 0 Å². The van der Waals surface area contributed by atoms with Crippen LogP contribution in [0, 0.1) is 12.8 Å². The first-order valence-electron chi connectivity index (χ1n) is 8.92. The van der Waals surface area contributed by atoms with Gasteiger partial charge in [-0.1, -0.05) is 30.3 Å². The first-order chi connectivity index (χ1) is 12.2. The van der Waals surface area contributed by atoms with E-state index in [0.717, 1.165) is 43.1 Å². The van der Waals surface area contributed by atoms with Gasteiger partial charge in [0.2, 0.25) is 5.91 Å². The molecule has 1 N–H and O–H groups in total. The zero-order valence-electron chi connectivity index (χ0n) is 14.5. The van der Waals surface area contributed by atoms with Crippen LogP contribution in [0.3, 0.4) is 0 Å². The summed E-state index contributed by atoms with van der Waals surface area (Å²) in [5.41, 5.74) is 1.12. The number of aryl methyl sites for hydroxylation is 1. The lowest BCUT2D eigenvalue weighted by molar-refractivity contribution is -0.128. The molecule has 2 aromatic rings. The number of morpholine rings is 1. The number of amides is 1. The molecule has 0 aliphatic carbocycles. The van der Waals surface area contributed by atoms with Crippen molar-refractivity contribution in [2.45, 2.75) is 38.6 Å². The molecule has 4 rings (SSSR count). The molecule has 5 heteroatoms. The number of fused-ring (bicyclic) bond motifs is 2. The number of carbonyl (C=O) groups is 1. The van der Waals surface area contributed by atoms with E-state index in [9.17, 15) is 4.79 Å². The minimum atomic E-state index is -0.0583. The van der Waals surface area contributed by atoms with Gasteiger partial charge in [-0.15, -0.1) is 0 Å². The first kappa shape index (κ1) is 16.4. The van der Waals surface area contributed by atoms with Crippen LogP contribution in [0.4, 0.5) is 0 Å². The molecule has 0 radical (unpaired) electrons. The summed E-state index contributed by atoms with van der Waals surface area (Å²) in [6.45, 7) is 4.95. The lowest BCUT2D eigenvalue weighted by Gasteiger charge is -2.32. The standard InChI is InChI=1S/C20H24N2O3/c1-14-7-8-16(24-14)11-22-12-17-9-18(19(13-22)25-17)20(23)21-10-15-5-3-2-4-6-15/h2-8,17-19H,9-13H2,1H3,(H,21,23)/t17-,18-,19-/m1/s1. The number of ether oxygens (including phenoxy) is 1. The largest absolute Gasteiger partial charge is 0.465 e. The summed E-state index contributed by atoms with van der Waals surface area (Å²) in [6.07, 6.45) is 0.923. The van der Waals surface area contributed by atoms with Crippen LogP contribution in [0.25, 0.3) is 0 Å². The molecule has 2 saturated heterocycles. The van der Waals surface area contributed by atoms with Gasteiger partial charge in [-0.3, -0.25) is 9.69 Å². The smallest absolute Gasteiger partial charge is 0.226 e. The molecule has 1 aromatic heterocycles. The number of furan rings is 1. The Labute approximate surface area is 148 Å². The van der Waals surface area contributed by atoms with E-state index < -0.39 is 0 Å². The summed E-state index contributed by atoms with van der Waals surface area (Å²) in [5.74, 6) is 1.96. The fourth-order valence-corrected chi connectivity index (χ4v) is 3.85. The van der Waals surface area contributed by atoms with Crippen molar-refractivity contribution >= 4 is 5.91 Å². The molecule has 2 aliphatic rings. The third-order valence-corrected chi connectivity index (χ3v) is 5.05. The van der Waals surface area contributed by atoms with Crippen molar-refractivity contribution in [2.24, 2.45) is 5.92 Å². The Kier molecular flexibility index (Phi) is 4.59. The molecule has 2 aliphatic heterocycles. The maximum absolute atomic E-state index is 12.6. The van der Waals surface area contributed by atoms with Gasteiger partial charge in [-0.05, 0) is 31.0 Å². The van der Waals surface area contributed by atoms with Crippen molar-refractivity contribution in [3.63, 3.8) is 0 Å². The highest BCUT2D eigenvalue weighted by Crippen LogP contribution is 2.32. The van der Waals surface area contributed by atoms with Crippen molar-refractivity contribution in [1.29, 1.82) is 0 Å². The Balaban J connectivity index is 1.33. The van der Waals surface area contributed by atoms with E-state index >= 15 is 0 Å². The van der Waals surface area contributed by atoms with Gasteiger partial charge < -0.3 is 14.5 Å². The van der Waals surface area contributed by atoms with E-state index in [4.69, 9.17) is 9.15 Å². The molecule has 5 nitrogen and oxygen atoms in total. The van der Waals surface area contributed by atoms with E-state index in [1.807, 2.05) is 49.4 Å². The fraction of sp³-hybridized carbons (Fsp3) is 0.450. The molecular formula is C20H24N2O3. The molecule has 1 amide bonds. The maximum Gasteiger partial charge on any atom is 0.226 e. The average Bonchev–Trinajstić information content (AvgIpc) is 3.16. The monoisotopic (exact) mass is 340 g/mol. The number of carbonyl (C=O) groups excluding carboxylic acids is 1. The first-order valence-corrected chi connectivity index (χ1v) is 8.92. The Morgan fingerprint density at radius 2 is 2.04 bits per heavy atom. The van der Waals surface area contributed by atoms with Crippen molar-refractivity contribution in [3.8, 4) is 0 Å². The van der Waals surface area contributed by atoms with Gasteiger partial charge >= 0.3 is 0 Å². The van der Waals surface area contributed by atoms with E-state index in [1.165, 1.54) is 0 Å². The third kappa shape index (κ3) is 3.78. The van der Waals surface area contributed by atoms with Gasteiger partial charge in [0.15, 0.2) is 0 Å². The third-order valence-electron chi connectivity index (χ3n) is 5.05. The highest BCUT2D eigenvalue weighted by atomic mass is 16.5. The zero-order chi connectivity index (χ0) is 17.2. The average molecular weight is 340 g/mol. The predicted octanol–water partition coefficient (Wildman–Crippen LogP) is 2.49. The van der Waals surface area contributed by atoms with E-state index in [2.05, 4.69) is 10.2 Å². The lowest BCUT2D eigenvalue weighted by atomic mass is 9.99. The molecule has 2 bridgehead atoms. The molecule has 0 unspecified atom stereocenters. The highest BCUT2D eigenvalue weighted by molar-refractivity contribution is 5.79. The number of nitrogens with one attached hydrogen (secondary N) is 1. The van der Waals surface area contributed by atoms with Crippen LogP contribution in [-0.2, 0) is 22.6 Å². The van der Waals surface area contributed by atoms with E-state index in [1.54, 1.807) is 0 Å². The molecular weight excluding hydrogens is 316 g/mol.